The molecule has 142 valence electrons. The fourth-order valence-electron chi connectivity index (χ4n) is 2.35. The summed E-state index contributed by atoms with van der Waals surface area (Å²) in [4.78, 5) is 16.5. The number of fused-ring (bicyclic) bond motifs is 1. The third-order valence-electron chi connectivity index (χ3n) is 3.68. The third-order valence-corrected chi connectivity index (χ3v) is 5.72. The molecule has 0 aliphatic heterocycles. The van der Waals surface area contributed by atoms with E-state index in [9.17, 15) is 26.4 Å². The molecule has 3 rings (SSSR count). The van der Waals surface area contributed by atoms with Gasteiger partial charge in [0.05, 0.1) is 27.1 Å². The van der Waals surface area contributed by atoms with E-state index in [1.807, 2.05) is 0 Å². The summed E-state index contributed by atoms with van der Waals surface area (Å²) in [6.45, 7) is 0. The van der Waals surface area contributed by atoms with E-state index in [0.717, 1.165) is 29.7 Å². The Morgan fingerprint density at radius 2 is 1.81 bits per heavy atom. The van der Waals surface area contributed by atoms with Crippen LogP contribution in [0.15, 0.2) is 47.4 Å². The highest BCUT2D eigenvalue weighted by atomic mass is 32.2. The van der Waals surface area contributed by atoms with E-state index >= 15 is 0 Å². The summed E-state index contributed by atoms with van der Waals surface area (Å²) in [7, 11) is -3.35. The number of thiazole rings is 1. The quantitative estimate of drug-likeness (QED) is 0.703. The van der Waals surface area contributed by atoms with Gasteiger partial charge in [-0.15, -0.1) is 0 Å². The van der Waals surface area contributed by atoms with Crippen molar-refractivity contribution in [1.82, 2.24) is 4.98 Å². The van der Waals surface area contributed by atoms with Gasteiger partial charge in [-0.3, -0.25) is 4.79 Å². The Morgan fingerprint density at radius 3 is 2.41 bits per heavy atom. The van der Waals surface area contributed by atoms with E-state index in [-0.39, 0.29) is 16.4 Å². The largest absolute Gasteiger partial charge is 0.416 e. The predicted octanol–water partition coefficient (Wildman–Crippen LogP) is 3.90. The molecule has 1 aromatic heterocycles. The summed E-state index contributed by atoms with van der Waals surface area (Å²) in [5.41, 5.74) is 0.192. The average Bonchev–Trinajstić information content (AvgIpc) is 2.94. The maximum absolute atomic E-state index is 12.5. The van der Waals surface area contributed by atoms with Crippen LogP contribution >= 0.6 is 11.3 Å². The molecule has 5 nitrogen and oxygen atoms in total. The number of aromatic nitrogens is 1. The number of carbonyl (C=O) groups excluding carboxylic acids is 1. The zero-order chi connectivity index (χ0) is 19.8. The van der Waals surface area contributed by atoms with Crippen molar-refractivity contribution in [3.05, 3.63) is 53.6 Å². The van der Waals surface area contributed by atoms with Crippen molar-refractivity contribution in [2.75, 3.05) is 11.6 Å². The van der Waals surface area contributed by atoms with Crippen LogP contribution in [0.4, 0.5) is 18.3 Å². The number of nitrogens with one attached hydrogen (secondary N) is 1. The molecule has 0 aliphatic carbocycles. The van der Waals surface area contributed by atoms with Crippen molar-refractivity contribution >= 4 is 42.4 Å². The molecule has 0 aliphatic rings. The highest BCUT2D eigenvalue weighted by molar-refractivity contribution is 7.90. The number of sulfone groups is 1. The zero-order valence-electron chi connectivity index (χ0n) is 13.9. The van der Waals surface area contributed by atoms with Gasteiger partial charge in [0, 0.05) is 6.26 Å². The molecule has 1 heterocycles. The van der Waals surface area contributed by atoms with Gasteiger partial charge >= 0.3 is 6.18 Å². The number of amides is 1. The molecule has 0 unspecified atom stereocenters. The first-order valence-electron chi connectivity index (χ1n) is 7.59. The smallest absolute Gasteiger partial charge is 0.302 e. The lowest BCUT2D eigenvalue weighted by Crippen LogP contribution is -2.14. The monoisotopic (exact) mass is 414 g/mol. The molecule has 0 saturated carbocycles. The van der Waals surface area contributed by atoms with E-state index in [1.54, 1.807) is 6.07 Å². The Kier molecular flexibility index (Phi) is 4.96. The van der Waals surface area contributed by atoms with Crippen molar-refractivity contribution in [2.45, 2.75) is 17.5 Å². The van der Waals surface area contributed by atoms with Crippen LogP contribution in [0.25, 0.3) is 10.2 Å². The van der Waals surface area contributed by atoms with Gasteiger partial charge in [0.15, 0.2) is 15.0 Å². The molecule has 0 radical (unpaired) electrons. The van der Waals surface area contributed by atoms with Gasteiger partial charge in [0.2, 0.25) is 5.91 Å². The highest BCUT2D eigenvalue weighted by Gasteiger charge is 2.30. The standard InChI is InChI=1S/C17H13F3N2O3S2/c1-27(24,25)12-6-7-13-14(9-12)26-16(21-13)22-15(23)8-10-2-4-11(5-3-10)17(18,19)20/h2-7,9H,8H2,1H3,(H,21,22,23). The highest BCUT2D eigenvalue weighted by Crippen LogP contribution is 2.30. The number of hydrogen-bond acceptors (Lipinski definition) is 5. The van der Waals surface area contributed by atoms with Gasteiger partial charge in [-0.2, -0.15) is 13.2 Å². The summed E-state index contributed by atoms with van der Waals surface area (Å²) >= 11 is 1.12. The number of benzene rings is 2. The number of nitrogens with zero attached hydrogens (tertiary/aromatic N) is 1. The number of halogens is 3. The molecular weight excluding hydrogens is 401 g/mol. The van der Waals surface area contributed by atoms with Crippen molar-refractivity contribution in [3.8, 4) is 0 Å². The fraction of sp³-hybridized carbons (Fsp3) is 0.176. The lowest BCUT2D eigenvalue weighted by molar-refractivity contribution is -0.137. The second-order valence-corrected chi connectivity index (χ2v) is 8.89. The van der Waals surface area contributed by atoms with Crippen LogP contribution in [0.5, 0.6) is 0 Å². The fourth-order valence-corrected chi connectivity index (χ4v) is 3.99. The molecule has 0 atom stereocenters. The summed E-state index contributed by atoms with van der Waals surface area (Å²) in [5, 5.41) is 2.86. The van der Waals surface area contributed by atoms with Crippen LogP contribution in [0.1, 0.15) is 11.1 Å². The van der Waals surface area contributed by atoms with E-state index in [4.69, 9.17) is 0 Å². The van der Waals surface area contributed by atoms with Crippen molar-refractivity contribution in [3.63, 3.8) is 0 Å². The van der Waals surface area contributed by atoms with E-state index in [0.29, 0.717) is 15.8 Å². The van der Waals surface area contributed by atoms with Crippen molar-refractivity contribution in [1.29, 1.82) is 0 Å². The van der Waals surface area contributed by atoms with Crippen LogP contribution < -0.4 is 5.32 Å². The Balaban J connectivity index is 1.72. The topological polar surface area (TPSA) is 76.1 Å². The first kappa shape index (κ1) is 19.3. The van der Waals surface area contributed by atoms with Crippen LogP contribution in [0, 0.1) is 0 Å². The van der Waals surface area contributed by atoms with Gasteiger partial charge in [-0.05, 0) is 35.9 Å². The first-order chi connectivity index (χ1) is 12.5. The predicted molar refractivity (Wildman–Crippen MR) is 96.5 cm³/mol. The van der Waals surface area contributed by atoms with Crippen LogP contribution in [0.3, 0.4) is 0 Å². The van der Waals surface area contributed by atoms with Crippen molar-refractivity contribution in [2.24, 2.45) is 0 Å². The normalized spacial score (nSPS) is 12.3. The number of alkyl halides is 3. The summed E-state index contributed by atoms with van der Waals surface area (Å²) in [6.07, 6.45) is -3.43. The Labute approximate surface area is 156 Å². The van der Waals surface area contributed by atoms with Gasteiger partial charge in [-0.1, -0.05) is 23.5 Å². The van der Waals surface area contributed by atoms with E-state index < -0.39 is 27.5 Å². The second kappa shape index (κ2) is 6.93. The summed E-state index contributed by atoms with van der Waals surface area (Å²) in [6, 6.07) is 8.81. The number of rotatable bonds is 4. The van der Waals surface area contributed by atoms with Gasteiger partial charge < -0.3 is 5.32 Å². The number of anilines is 1. The van der Waals surface area contributed by atoms with Crippen LogP contribution in [-0.2, 0) is 27.2 Å². The van der Waals surface area contributed by atoms with Crippen LogP contribution in [0.2, 0.25) is 0 Å². The molecule has 2 aromatic carbocycles. The molecule has 27 heavy (non-hydrogen) atoms. The van der Waals surface area contributed by atoms with E-state index in [2.05, 4.69) is 10.3 Å². The summed E-state index contributed by atoms with van der Waals surface area (Å²) < 4.78 is 61.4. The molecular formula is C17H13F3N2O3S2. The maximum Gasteiger partial charge on any atom is 0.416 e. The lowest BCUT2D eigenvalue weighted by atomic mass is 10.1. The zero-order valence-corrected chi connectivity index (χ0v) is 15.5. The molecule has 1 amide bonds. The molecule has 0 spiro atoms. The lowest BCUT2D eigenvalue weighted by Gasteiger charge is -2.07. The molecule has 3 aromatic rings. The van der Waals surface area contributed by atoms with Gasteiger partial charge in [0.1, 0.15) is 0 Å². The first-order valence-corrected chi connectivity index (χ1v) is 10.3. The molecule has 0 bridgehead atoms. The minimum absolute atomic E-state index is 0.108. The molecule has 1 N–H and O–H groups in total. The Morgan fingerprint density at radius 1 is 1.15 bits per heavy atom. The minimum Gasteiger partial charge on any atom is -0.302 e. The summed E-state index contributed by atoms with van der Waals surface area (Å²) in [5.74, 6) is -0.433. The minimum atomic E-state index is -4.42. The molecule has 0 saturated heterocycles. The van der Waals surface area contributed by atoms with Crippen LogP contribution in [-0.4, -0.2) is 25.6 Å². The van der Waals surface area contributed by atoms with Crippen molar-refractivity contribution < 1.29 is 26.4 Å². The second-order valence-electron chi connectivity index (χ2n) is 5.84. The molecule has 10 heteroatoms. The maximum atomic E-state index is 12.5. The van der Waals surface area contributed by atoms with Gasteiger partial charge in [-0.25, -0.2) is 13.4 Å². The average molecular weight is 414 g/mol. The molecule has 0 fully saturated rings. The Bertz CT molecular complexity index is 1100. The Hall–Kier alpha value is -2.46. The van der Waals surface area contributed by atoms with E-state index in [1.165, 1.54) is 24.3 Å². The third kappa shape index (κ3) is 4.64. The SMILES string of the molecule is CS(=O)(=O)c1ccc2nc(NC(=O)Cc3ccc(C(F)(F)F)cc3)sc2c1. The number of hydrogen-bond donors (Lipinski definition) is 1. The van der Waals surface area contributed by atoms with Gasteiger partial charge in [0.25, 0.3) is 0 Å². The number of carbonyl (C=O) groups is 1.